The molecular formula is C12H32N4Si4. The maximum atomic E-state index is 2.87. The lowest BCUT2D eigenvalue weighted by atomic mass is 10.8. The molecule has 8 heteroatoms. The van der Waals surface area contributed by atoms with Gasteiger partial charge in [-0.3, -0.25) is 0 Å². The summed E-state index contributed by atoms with van der Waals surface area (Å²) in [4.78, 5) is 0. The third-order valence-electron chi connectivity index (χ3n) is 4.39. The maximum Gasteiger partial charge on any atom is 0.213 e. The van der Waals surface area contributed by atoms with Crippen LogP contribution in [0.25, 0.3) is 0 Å². The van der Waals surface area contributed by atoms with E-state index >= 15 is 0 Å². The van der Waals surface area contributed by atoms with Crippen molar-refractivity contribution < 1.29 is 0 Å². The zero-order valence-electron chi connectivity index (χ0n) is 14.6. The molecule has 1 fully saturated rings. The van der Waals surface area contributed by atoms with Crippen LogP contribution < -0.4 is 0 Å². The molecule has 4 nitrogen and oxygen atoms in total. The van der Waals surface area contributed by atoms with Gasteiger partial charge in [-0.05, 0) is 52.4 Å². The van der Waals surface area contributed by atoms with Crippen molar-refractivity contribution in [3.8, 4) is 0 Å². The molecule has 0 saturated carbocycles. The lowest BCUT2D eigenvalue weighted by Crippen LogP contribution is -2.74. The first-order valence-electron chi connectivity index (χ1n) is 7.88. The third kappa shape index (κ3) is 3.54. The molecule has 116 valence electrons. The van der Waals surface area contributed by atoms with Crippen molar-refractivity contribution in [1.82, 2.24) is 16.9 Å². The van der Waals surface area contributed by atoms with Crippen molar-refractivity contribution in [1.29, 1.82) is 0 Å². The molecule has 20 heavy (non-hydrogen) atoms. The second-order valence-corrected chi connectivity index (χ2v) is 15.7. The highest BCUT2D eigenvalue weighted by molar-refractivity contribution is 6.85. The smallest absolute Gasteiger partial charge is 0.213 e. The first kappa shape index (κ1) is 18.8. The summed E-state index contributed by atoms with van der Waals surface area (Å²) in [5, 5.41) is 0. The Labute approximate surface area is 133 Å². The van der Waals surface area contributed by atoms with Crippen LogP contribution in [-0.4, -0.2) is 79.6 Å². The first-order valence-corrected chi connectivity index (χ1v) is 15.5. The quantitative estimate of drug-likeness (QED) is 0.720. The Morgan fingerprint density at radius 2 is 0.600 bits per heavy atom. The first-order chi connectivity index (χ1) is 9.44. The fourth-order valence-corrected chi connectivity index (χ4v) is 19.8. The molecule has 0 aliphatic carbocycles. The van der Waals surface area contributed by atoms with Crippen LogP contribution in [-0.2, 0) is 0 Å². The SMILES string of the molecule is CCN1[Si](C)N(CC)[Si](C)N(CC)[Si](C)N(CC)[Si]1C. The van der Waals surface area contributed by atoms with Gasteiger partial charge >= 0.3 is 0 Å². The molecule has 0 amide bonds. The van der Waals surface area contributed by atoms with Crippen molar-refractivity contribution >= 4 is 36.5 Å². The highest BCUT2D eigenvalue weighted by Gasteiger charge is 2.42. The Kier molecular flexibility index (Phi) is 7.85. The monoisotopic (exact) mass is 344 g/mol. The van der Waals surface area contributed by atoms with Crippen molar-refractivity contribution in [2.45, 2.75) is 53.9 Å². The van der Waals surface area contributed by atoms with E-state index in [2.05, 4.69) is 70.8 Å². The summed E-state index contributed by atoms with van der Waals surface area (Å²) in [6.07, 6.45) is 0. The van der Waals surface area contributed by atoms with Gasteiger partial charge in [0.25, 0.3) is 0 Å². The highest BCUT2D eigenvalue weighted by atomic mass is 28.4. The van der Waals surface area contributed by atoms with Gasteiger partial charge in [0.05, 0.1) is 0 Å². The molecule has 0 aromatic heterocycles. The predicted octanol–water partition coefficient (Wildman–Crippen LogP) is 1.76. The molecule has 1 saturated heterocycles. The Bertz CT molecular complexity index is 225. The highest BCUT2D eigenvalue weighted by Crippen LogP contribution is 2.19. The molecule has 0 aromatic carbocycles. The van der Waals surface area contributed by atoms with E-state index in [1.807, 2.05) is 0 Å². The largest absolute Gasteiger partial charge is 0.323 e. The van der Waals surface area contributed by atoms with Gasteiger partial charge in [0.1, 0.15) is 0 Å². The van der Waals surface area contributed by atoms with Gasteiger partial charge in [0.15, 0.2) is 0 Å². The second kappa shape index (κ2) is 8.37. The normalized spacial score (nSPS) is 25.2. The van der Waals surface area contributed by atoms with Crippen molar-refractivity contribution in [2.75, 3.05) is 26.2 Å². The number of hydrogen-bond donors (Lipinski definition) is 0. The van der Waals surface area contributed by atoms with E-state index in [-0.39, 0.29) is 0 Å². The minimum Gasteiger partial charge on any atom is -0.323 e. The average molecular weight is 345 g/mol. The van der Waals surface area contributed by atoms with E-state index in [1.54, 1.807) is 0 Å². The Morgan fingerprint density at radius 3 is 0.700 bits per heavy atom. The summed E-state index contributed by atoms with van der Waals surface area (Å²) in [5.74, 6) is 0. The number of hydrogen-bond acceptors (Lipinski definition) is 4. The Morgan fingerprint density at radius 1 is 0.450 bits per heavy atom. The van der Waals surface area contributed by atoms with Crippen molar-refractivity contribution in [2.24, 2.45) is 0 Å². The zero-order valence-corrected chi connectivity index (χ0v) is 18.6. The van der Waals surface area contributed by atoms with Crippen molar-refractivity contribution in [3.05, 3.63) is 0 Å². The van der Waals surface area contributed by atoms with Crippen LogP contribution in [0.5, 0.6) is 0 Å². The van der Waals surface area contributed by atoms with Crippen LogP contribution in [0.3, 0.4) is 0 Å². The Hall–Kier alpha value is 0.708. The molecule has 1 heterocycles. The van der Waals surface area contributed by atoms with Crippen LogP contribution >= 0.6 is 0 Å². The molecule has 1 aliphatic rings. The minimum atomic E-state index is -0.545. The predicted molar refractivity (Wildman–Crippen MR) is 96.0 cm³/mol. The van der Waals surface area contributed by atoms with Gasteiger partial charge in [0, 0.05) is 0 Å². The molecule has 0 atom stereocenters. The summed E-state index contributed by atoms with van der Waals surface area (Å²) < 4.78 is 11.5. The lowest BCUT2D eigenvalue weighted by molar-refractivity contribution is 0.461. The standard InChI is InChI=1S/C12H32N4Si4/c1-9-13-17(5)14(10-2)19(7)16(12-4)20(8)15(11-3)18(13)6/h9-12H2,1-8H3. The molecule has 0 spiro atoms. The fraction of sp³-hybridized carbons (Fsp3) is 1.00. The summed E-state index contributed by atoms with van der Waals surface area (Å²) in [5.41, 5.74) is 0. The number of nitrogens with zero attached hydrogens (tertiary/aromatic N) is 4. The molecule has 0 aromatic rings. The van der Waals surface area contributed by atoms with E-state index in [0.717, 1.165) is 0 Å². The lowest BCUT2D eigenvalue weighted by Gasteiger charge is -2.52. The van der Waals surface area contributed by atoms with Gasteiger partial charge in [-0.1, -0.05) is 27.7 Å². The summed E-state index contributed by atoms with van der Waals surface area (Å²) in [6.45, 7) is 24.4. The van der Waals surface area contributed by atoms with Crippen LogP contribution in [0.4, 0.5) is 0 Å². The zero-order chi connectivity index (χ0) is 15.4. The minimum absolute atomic E-state index is 0.545. The maximum absolute atomic E-state index is 2.87. The van der Waals surface area contributed by atoms with Crippen molar-refractivity contribution in [3.63, 3.8) is 0 Å². The van der Waals surface area contributed by atoms with Crippen LogP contribution in [0.2, 0.25) is 26.2 Å². The van der Waals surface area contributed by atoms with Gasteiger partial charge in [-0.15, -0.1) is 0 Å². The third-order valence-corrected chi connectivity index (χ3v) is 20.9. The van der Waals surface area contributed by atoms with Crippen LogP contribution in [0.1, 0.15) is 27.7 Å². The summed E-state index contributed by atoms with van der Waals surface area (Å²) in [7, 11) is -2.18. The van der Waals surface area contributed by atoms with E-state index in [9.17, 15) is 0 Å². The molecule has 1 aliphatic heterocycles. The van der Waals surface area contributed by atoms with Crippen LogP contribution in [0, 0.1) is 0 Å². The van der Waals surface area contributed by atoms with E-state index in [0.29, 0.717) is 0 Å². The molecule has 0 unspecified atom stereocenters. The van der Waals surface area contributed by atoms with E-state index < -0.39 is 36.5 Å². The van der Waals surface area contributed by atoms with Gasteiger partial charge < -0.3 is 16.9 Å². The molecule has 0 bridgehead atoms. The fourth-order valence-electron chi connectivity index (χ4n) is 3.35. The second-order valence-electron chi connectivity index (χ2n) is 5.17. The van der Waals surface area contributed by atoms with Crippen LogP contribution in [0.15, 0.2) is 0 Å². The molecule has 4 radical (unpaired) electrons. The molecule has 0 N–H and O–H groups in total. The summed E-state index contributed by atoms with van der Waals surface area (Å²) >= 11 is 0. The van der Waals surface area contributed by atoms with E-state index in [4.69, 9.17) is 0 Å². The molecular weight excluding hydrogens is 313 g/mol. The Balaban J connectivity index is 3.18. The van der Waals surface area contributed by atoms with Gasteiger partial charge in [0.2, 0.25) is 36.5 Å². The molecule has 1 rings (SSSR count). The van der Waals surface area contributed by atoms with Gasteiger partial charge in [-0.2, -0.15) is 0 Å². The average Bonchev–Trinajstić information content (AvgIpc) is 2.41. The summed E-state index contributed by atoms with van der Waals surface area (Å²) in [6, 6.07) is 0. The number of rotatable bonds is 4. The van der Waals surface area contributed by atoms with E-state index in [1.165, 1.54) is 26.2 Å². The van der Waals surface area contributed by atoms with Gasteiger partial charge in [-0.25, -0.2) is 0 Å². The topological polar surface area (TPSA) is 13.0 Å².